The van der Waals surface area contributed by atoms with E-state index in [2.05, 4.69) is 30.0 Å². The van der Waals surface area contributed by atoms with E-state index in [1.165, 1.54) is 36.0 Å². The second-order valence-corrected chi connectivity index (χ2v) is 5.10. The molecule has 0 amide bonds. The molecule has 0 aliphatic heterocycles. The minimum atomic E-state index is 0.280. The predicted molar refractivity (Wildman–Crippen MR) is 75.9 cm³/mol. The van der Waals surface area contributed by atoms with E-state index < -0.39 is 0 Å². The lowest BCUT2D eigenvalue weighted by Gasteiger charge is -2.20. The molecule has 0 aromatic heterocycles. The predicted octanol–water partition coefficient (Wildman–Crippen LogP) is 2.32. The van der Waals surface area contributed by atoms with Gasteiger partial charge in [0.1, 0.15) is 0 Å². The lowest BCUT2D eigenvalue weighted by atomic mass is 10.1. The minimum Gasteiger partial charge on any atom is -0.388 e. The third kappa shape index (κ3) is 3.33. The van der Waals surface area contributed by atoms with E-state index >= 15 is 0 Å². The molecule has 2 rings (SSSR count). The Kier molecular flexibility index (Phi) is 4.37. The van der Waals surface area contributed by atoms with Gasteiger partial charge in [-0.15, -0.1) is 0 Å². The maximum atomic E-state index is 7.29. The molecule has 18 heavy (non-hydrogen) atoms. The number of benzene rings is 1. The van der Waals surface area contributed by atoms with Gasteiger partial charge in [0.15, 0.2) is 0 Å². The molecule has 0 atom stereocenters. The highest BCUT2D eigenvalue weighted by atomic mass is 15.1. The highest BCUT2D eigenvalue weighted by Crippen LogP contribution is 2.23. The zero-order valence-corrected chi connectivity index (χ0v) is 11.2. The summed E-state index contributed by atoms with van der Waals surface area (Å²) in [7, 11) is 0. The van der Waals surface area contributed by atoms with Crippen molar-refractivity contribution in [3.8, 4) is 0 Å². The molecule has 98 valence electrons. The third-order valence-corrected chi connectivity index (χ3v) is 3.71. The Morgan fingerprint density at radius 3 is 2.83 bits per heavy atom. The molecule has 1 aromatic rings. The van der Waals surface area contributed by atoms with Crippen molar-refractivity contribution >= 4 is 5.84 Å². The molecule has 0 radical (unpaired) electrons. The summed E-state index contributed by atoms with van der Waals surface area (Å²) in [6.07, 6.45) is 4.46. The Morgan fingerprint density at radius 2 is 2.11 bits per heavy atom. The van der Waals surface area contributed by atoms with Crippen molar-refractivity contribution in [3.63, 3.8) is 0 Å². The van der Waals surface area contributed by atoms with Gasteiger partial charge in [-0.3, -0.25) is 10.3 Å². The normalized spacial score (nSPS) is 13.9. The van der Waals surface area contributed by atoms with Crippen molar-refractivity contribution < 1.29 is 0 Å². The molecule has 3 nitrogen and oxygen atoms in total. The SMILES string of the molecule is CCN(CCC(=N)N)Cc1ccc2c(c1)CCC2. The lowest BCUT2D eigenvalue weighted by molar-refractivity contribution is 0.288. The number of nitrogens with one attached hydrogen (secondary N) is 1. The molecular weight excluding hydrogens is 222 g/mol. The zero-order chi connectivity index (χ0) is 13.0. The summed E-state index contributed by atoms with van der Waals surface area (Å²) < 4.78 is 0. The Labute approximate surface area is 109 Å². The van der Waals surface area contributed by atoms with Crippen LogP contribution in [0.5, 0.6) is 0 Å². The number of fused-ring (bicyclic) bond motifs is 1. The fourth-order valence-corrected chi connectivity index (χ4v) is 2.61. The summed E-state index contributed by atoms with van der Waals surface area (Å²) in [5, 5.41) is 7.29. The standard InChI is InChI=1S/C15H23N3/c1-2-18(9-8-15(16)17)11-12-6-7-13-4-3-5-14(13)10-12/h6-7,10H,2-5,8-9,11H2,1H3,(H3,16,17). The van der Waals surface area contributed by atoms with E-state index in [4.69, 9.17) is 11.1 Å². The van der Waals surface area contributed by atoms with Crippen LogP contribution >= 0.6 is 0 Å². The molecule has 0 saturated heterocycles. The Bertz CT molecular complexity index is 426. The van der Waals surface area contributed by atoms with Gasteiger partial charge in [0.25, 0.3) is 0 Å². The summed E-state index contributed by atoms with van der Waals surface area (Å²) in [6.45, 7) is 5.01. The third-order valence-electron chi connectivity index (χ3n) is 3.71. The van der Waals surface area contributed by atoms with Crippen LogP contribution < -0.4 is 5.73 Å². The first-order valence-electron chi connectivity index (χ1n) is 6.85. The molecule has 3 N–H and O–H groups in total. The lowest BCUT2D eigenvalue weighted by Crippen LogP contribution is -2.27. The number of aryl methyl sites for hydroxylation is 2. The molecule has 0 bridgehead atoms. The van der Waals surface area contributed by atoms with Crippen molar-refractivity contribution in [3.05, 3.63) is 34.9 Å². The first-order chi connectivity index (χ1) is 8.69. The van der Waals surface area contributed by atoms with Gasteiger partial charge < -0.3 is 5.73 Å². The molecule has 0 saturated carbocycles. The van der Waals surface area contributed by atoms with E-state index in [-0.39, 0.29) is 5.84 Å². The number of nitrogens with zero attached hydrogens (tertiary/aromatic N) is 1. The van der Waals surface area contributed by atoms with Gasteiger partial charge in [-0.05, 0) is 42.5 Å². The number of hydrogen-bond acceptors (Lipinski definition) is 2. The van der Waals surface area contributed by atoms with Crippen LogP contribution in [0.25, 0.3) is 0 Å². The number of rotatable bonds is 6. The summed E-state index contributed by atoms with van der Waals surface area (Å²) >= 11 is 0. The molecule has 0 unspecified atom stereocenters. The van der Waals surface area contributed by atoms with Crippen LogP contribution in [0.1, 0.15) is 36.5 Å². The molecular formula is C15H23N3. The number of hydrogen-bond donors (Lipinski definition) is 2. The summed E-state index contributed by atoms with van der Waals surface area (Å²) in [6, 6.07) is 6.90. The summed E-state index contributed by atoms with van der Waals surface area (Å²) in [5.74, 6) is 0.280. The molecule has 1 aliphatic rings. The van der Waals surface area contributed by atoms with Gasteiger partial charge in [0.05, 0.1) is 5.84 Å². The molecule has 3 heteroatoms. The highest BCUT2D eigenvalue weighted by Gasteiger charge is 2.12. The average molecular weight is 245 g/mol. The molecule has 0 fully saturated rings. The molecule has 0 spiro atoms. The molecule has 1 aromatic carbocycles. The van der Waals surface area contributed by atoms with Crippen LogP contribution in [0.3, 0.4) is 0 Å². The van der Waals surface area contributed by atoms with E-state index in [0.29, 0.717) is 6.42 Å². The first-order valence-corrected chi connectivity index (χ1v) is 6.85. The van der Waals surface area contributed by atoms with Crippen LogP contribution in [0.4, 0.5) is 0 Å². The maximum Gasteiger partial charge on any atom is 0.0918 e. The van der Waals surface area contributed by atoms with Crippen LogP contribution in [0, 0.1) is 5.41 Å². The molecule has 1 aliphatic carbocycles. The quantitative estimate of drug-likeness (QED) is 0.597. The van der Waals surface area contributed by atoms with E-state index in [9.17, 15) is 0 Å². The van der Waals surface area contributed by atoms with Gasteiger partial charge in [0.2, 0.25) is 0 Å². The fourth-order valence-electron chi connectivity index (χ4n) is 2.61. The van der Waals surface area contributed by atoms with Gasteiger partial charge in [-0.1, -0.05) is 25.1 Å². The first kappa shape index (κ1) is 13.1. The zero-order valence-electron chi connectivity index (χ0n) is 11.2. The average Bonchev–Trinajstić information content (AvgIpc) is 2.81. The topological polar surface area (TPSA) is 53.1 Å². The van der Waals surface area contributed by atoms with Crippen molar-refractivity contribution in [2.24, 2.45) is 5.73 Å². The van der Waals surface area contributed by atoms with Crippen molar-refractivity contribution in [1.82, 2.24) is 4.90 Å². The number of amidine groups is 1. The van der Waals surface area contributed by atoms with Gasteiger partial charge in [0, 0.05) is 19.5 Å². The van der Waals surface area contributed by atoms with Crippen LogP contribution in [0.2, 0.25) is 0 Å². The highest BCUT2D eigenvalue weighted by molar-refractivity contribution is 5.76. The maximum absolute atomic E-state index is 7.29. The van der Waals surface area contributed by atoms with Gasteiger partial charge in [-0.25, -0.2) is 0 Å². The summed E-state index contributed by atoms with van der Waals surface area (Å²) in [5.41, 5.74) is 9.88. The second-order valence-electron chi connectivity index (χ2n) is 5.10. The van der Waals surface area contributed by atoms with Crippen LogP contribution in [-0.2, 0) is 19.4 Å². The van der Waals surface area contributed by atoms with Crippen LogP contribution in [0.15, 0.2) is 18.2 Å². The van der Waals surface area contributed by atoms with E-state index in [1.54, 1.807) is 0 Å². The Balaban J connectivity index is 1.96. The second kappa shape index (κ2) is 6.01. The molecule has 0 heterocycles. The number of nitrogens with two attached hydrogens (primary N) is 1. The summed E-state index contributed by atoms with van der Waals surface area (Å²) in [4.78, 5) is 2.35. The Hall–Kier alpha value is -1.35. The van der Waals surface area contributed by atoms with E-state index in [1.807, 2.05) is 0 Å². The van der Waals surface area contributed by atoms with Gasteiger partial charge in [-0.2, -0.15) is 0 Å². The van der Waals surface area contributed by atoms with E-state index in [0.717, 1.165) is 19.6 Å². The van der Waals surface area contributed by atoms with Crippen molar-refractivity contribution in [1.29, 1.82) is 5.41 Å². The smallest absolute Gasteiger partial charge is 0.0918 e. The Morgan fingerprint density at radius 1 is 1.33 bits per heavy atom. The van der Waals surface area contributed by atoms with Crippen molar-refractivity contribution in [2.75, 3.05) is 13.1 Å². The minimum absolute atomic E-state index is 0.280. The van der Waals surface area contributed by atoms with Gasteiger partial charge >= 0.3 is 0 Å². The van der Waals surface area contributed by atoms with Crippen LogP contribution in [-0.4, -0.2) is 23.8 Å². The monoisotopic (exact) mass is 245 g/mol. The van der Waals surface area contributed by atoms with Crippen molar-refractivity contribution in [2.45, 2.75) is 39.2 Å². The fraction of sp³-hybridized carbons (Fsp3) is 0.533. The largest absolute Gasteiger partial charge is 0.388 e.